The third-order valence-electron chi connectivity index (χ3n) is 3.93. The second kappa shape index (κ2) is 5.54. The van der Waals surface area contributed by atoms with E-state index >= 15 is 0 Å². The average molecular weight is 233 g/mol. The molecule has 2 rings (SSSR count). The molecule has 0 amide bonds. The molecule has 17 heavy (non-hydrogen) atoms. The molecular formula is C15H23NO. The van der Waals surface area contributed by atoms with Crippen LogP contribution in [0, 0.1) is 11.3 Å². The van der Waals surface area contributed by atoms with Crippen molar-refractivity contribution in [1.82, 2.24) is 0 Å². The Morgan fingerprint density at radius 3 is 2.59 bits per heavy atom. The molecule has 0 bridgehead atoms. The molecule has 0 aliphatic heterocycles. The van der Waals surface area contributed by atoms with Gasteiger partial charge in [0.15, 0.2) is 0 Å². The summed E-state index contributed by atoms with van der Waals surface area (Å²) in [6.07, 6.45) is 5.01. The van der Waals surface area contributed by atoms with E-state index < -0.39 is 0 Å². The van der Waals surface area contributed by atoms with Crippen molar-refractivity contribution in [3.05, 3.63) is 30.3 Å². The molecule has 2 nitrogen and oxygen atoms in total. The first-order valence-electron chi connectivity index (χ1n) is 6.62. The lowest BCUT2D eigenvalue weighted by atomic mass is 9.80. The van der Waals surface area contributed by atoms with E-state index in [4.69, 9.17) is 10.5 Å². The SMILES string of the molecule is CC(CN)(CCCOc1ccccc1)C1CC1. The Bertz CT molecular complexity index is 334. The zero-order valence-corrected chi connectivity index (χ0v) is 10.7. The zero-order chi connectivity index (χ0) is 12.1. The minimum Gasteiger partial charge on any atom is -0.494 e. The quantitative estimate of drug-likeness (QED) is 0.734. The van der Waals surface area contributed by atoms with Crippen molar-refractivity contribution >= 4 is 0 Å². The van der Waals surface area contributed by atoms with Gasteiger partial charge in [-0.05, 0) is 55.7 Å². The first-order chi connectivity index (χ1) is 8.24. The molecule has 1 atom stereocenters. The van der Waals surface area contributed by atoms with E-state index in [1.165, 1.54) is 19.3 Å². The Balaban J connectivity index is 1.69. The van der Waals surface area contributed by atoms with Gasteiger partial charge < -0.3 is 10.5 Å². The van der Waals surface area contributed by atoms with Crippen LogP contribution in [0.2, 0.25) is 0 Å². The summed E-state index contributed by atoms with van der Waals surface area (Å²) in [5, 5.41) is 0. The molecule has 1 aromatic rings. The number of para-hydroxylation sites is 1. The topological polar surface area (TPSA) is 35.2 Å². The predicted molar refractivity (Wildman–Crippen MR) is 71.1 cm³/mol. The van der Waals surface area contributed by atoms with Gasteiger partial charge in [-0.3, -0.25) is 0 Å². The van der Waals surface area contributed by atoms with Gasteiger partial charge in [-0.1, -0.05) is 25.1 Å². The molecule has 0 spiro atoms. The second-order valence-corrected chi connectivity index (χ2v) is 5.40. The maximum absolute atomic E-state index is 5.90. The maximum Gasteiger partial charge on any atom is 0.119 e. The Labute approximate surface area is 104 Å². The molecule has 94 valence electrons. The molecule has 2 heteroatoms. The summed E-state index contributed by atoms with van der Waals surface area (Å²) in [6.45, 7) is 3.93. The number of rotatable bonds is 7. The highest BCUT2D eigenvalue weighted by atomic mass is 16.5. The van der Waals surface area contributed by atoms with Crippen molar-refractivity contribution in [2.45, 2.75) is 32.6 Å². The first-order valence-corrected chi connectivity index (χ1v) is 6.62. The number of ether oxygens (including phenoxy) is 1. The van der Waals surface area contributed by atoms with Gasteiger partial charge in [-0.15, -0.1) is 0 Å². The molecule has 1 aliphatic rings. The molecule has 1 aliphatic carbocycles. The van der Waals surface area contributed by atoms with Crippen LogP contribution in [0.25, 0.3) is 0 Å². The van der Waals surface area contributed by atoms with E-state index in [0.717, 1.165) is 31.2 Å². The second-order valence-electron chi connectivity index (χ2n) is 5.40. The van der Waals surface area contributed by atoms with Gasteiger partial charge in [0.25, 0.3) is 0 Å². The normalized spacial score (nSPS) is 18.7. The maximum atomic E-state index is 5.90. The molecule has 0 saturated heterocycles. The monoisotopic (exact) mass is 233 g/mol. The molecule has 0 radical (unpaired) electrons. The first kappa shape index (κ1) is 12.4. The predicted octanol–water partition coefficient (Wildman–Crippen LogP) is 3.22. The van der Waals surface area contributed by atoms with Crippen LogP contribution in [0.15, 0.2) is 30.3 Å². The molecule has 1 fully saturated rings. The molecule has 0 heterocycles. The standard InChI is InChI=1S/C15H23NO/c1-15(12-16,13-8-9-13)10-5-11-17-14-6-3-2-4-7-14/h2-4,6-7,13H,5,8-12,16H2,1H3. The van der Waals surface area contributed by atoms with Gasteiger partial charge in [0.2, 0.25) is 0 Å². The Kier molecular flexibility index (Phi) is 4.06. The summed E-state index contributed by atoms with van der Waals surface area (Å²) in [6, 6.07) is 10.0. The van der Waals surface area contributed by atoms with Gasteiger partial charge in [0, 0.05) is 0 Å². The van der Waals surface area contributed by atoms with Gasteiger partial charge in [0.05, 0.1) is 6.61 Å². The van der Waals surface area contributed by atoms with Crippen LogP contribution in [0.3, 0.4) is 0 Å². The van der Waals surface area contributed by atoms with Gasteiger partial charge >= 0.3 is 0 Å². The molecule has 0 aromatic heterocycles. The van der Waals surface area contributed by atoms with Gasteiger partial charge in [-0.2, -0.15) is 0 Å². The van der Waals surface area contributed by atoms with Crippen molar-refractivity contribution in [2.24, 2.45) is 17.1 Å². The van der Waals surface area contributed by atoms with E-state index in [-0.39, 0.29) is 0 Å². The lowest BCUT2D eigenvalue weighted by molar-refractivity contribution is 0.219. The smallest absolute Gasteiger partial charge is 0.119 e. The van der Waals surface area contributed by atoms with Crippen LogP contribution in [0.5, 0.6) is 5.75 Å². The minimum absolute atomic E-state index is 0.347. The van der Waals surface area contributed by atoms with Gasteiger partial charge in [-0.25, -0.2) is 0 Å². The molecule has 2 N–H and O–H groups in total. The van der Waals surface area contributed by atoms with Crippen LogP contribution in [0.1, 0.15) is 32.6 Å². The average Bonchev–Trinajstić information content (AvgIpc) is 3.20. The summed E-state index contributed by atoms with van der Waals surface area (Å²) in [5.74, 6) is 1.83. The number of hydrogen-bond donors (Lipinski definition) is 1. The van der Waals surface area contributed by atoms with Crippen molar-refractivity contribution in [3.8, 4) is 5.75 Å². The van der Waals surface area contributed by atoms with Crippen LogP contribution in [-0.4, -0.2) is 13.2 Å². The van der Waals surface area contributed by atoms with Crippen LogP contribution in [0.4, 0.5) is 0 Å². The highest BCUT2D eigenvalue weighted by Crippen LogP contribution is 2.47. The Hall–Kier alpha value is -1.02. The Morgan fingerprint density at radius 1 is 1.29 bits per heavy atom. The Morgan fingerprint density at radius 2 is 2.00 bits per heavy atom. The van der Waals surface area contributed by atoms with Crippen LogP contribution < -0.4 is 10.5 Å². The zero-order valence-electron chi connectivity index (χ0n) is 10.7. The van der Waals surface area contributed by atoms with E-state index in [9.17, 15) is 0 Å². The fourth-order valence-corrected chi connectivity index (χ4v) is 2.44. The fraction of sp³-hybridized carbons (Fsp3) is 0.600. The minimum atomic E-state index is 0.347. The summed E-state index contributed by atoms with van der Waals surface area (Å²) in [5.41, 5.74) is 6.25. The molecular weight excluding hydrogens is 210 g/mol. The third kappa shape index (κ3) is 3.47. The molecule has 1 aromatic carbocycles. The van der Waals surface area contributed by atoms with E-state index in [0.29, 0.717) is 5.41 Å². The van der Waals surface area contributed by atoms with Crippen molar-refractivity contribution in [3.63, 3.8) is 0 Å². The van der Waals surface area contributed by atoms with Crippen molar-refractivity contribution < 1.29 is 4.74 Å². The van der Waals surface area contributed by atoms with Crippen LogP contribution >= 0.6 is 0 Å². The van der Waals surface area contributed by atoms with E-state index in [1.807, 2.05) is 30.3 Å². The summed E-state index contributed by atoms with van der Waals surface area (Å²) in [4.78, 5) is 0. The highest BCUT2D eigenvalue weighted by Gasteiger charge is 2.39. The lowest BCUT2D eigenvalue weighted by Crippen LogP contribution is -2.29. The fourth-order valence-electron chi connectivity index (χ4n) is 2.44. The lowest BCUT2D eigenvalue weighted by Gasteiger charge is -2.27. The van der Waals surface area contributed by atoms with Crippen molar-refractivity contribution in [1.29, 1.82) is 0 Å². The number of benzene rings is 1. The third-order valence-corrected chi connectivity index (χ3v) is 3.93. The summed E-state index contributed by atoms with van der Waals surface area (Å²) >= 11 is 0. The largest absolute Gasteiger partial charge is 0.494 e. The summed E-state index contributed by atoms with van der Waals surface area (Å²) < 4.78 is 5.71. The highest BCUT2D eigenvalue weighted by molar-refractivity contribution is 5.20. The van der Waals surface area contributed by atoms with Crippen molar-refractivity contribution in [2.75, 3.05) is 13.2 Å². The van der Waals surface area contributed by atoms with Gasteiger partial charge in [0.1, 0.15) is 5.75 Å². The summed E-state index contributed by atoms with van der Waals surface area (Å²) in [7, 11) is 0. The van der Waals surface area contributed by atoms with E-state index in [2.05, 4.69) is 6.92 Å². The van der Waals surface area contributed by atoms with Crippen LogP contribution in [-0.2, 0) is 0 Å². The molecule has 1 saturated carbocycles. The number of hydrogen-bond acceptors (Lipinski definition) is 2. The molecule has 1 unspecified atom stereocenters. The number of nitrogens with two attached hydrogens (primary N) is 1. The van der Waals surface area contributed by atoms with E-state index in [1.54, 1.807) is 0 Å².